The van der Waals surface area contributed by atoms with Gasteiger partial charge in [0.2, 0.25) is 0 Å². The Kier molecular flexibility index (Phi) is 5.02. The van der Waals surface area contributed by atoms with Crippen molar-refractivity contribution in [2.45, 2.75) is 32.0 Å². The Balaban J connectivity index is 2.13. The first kappa shape index (κ1) is 19.7. The van der Waals surface area contributed by atoms with Crippen LogP contribution in [-0.4, -0.2) is 28.6 Å². The summed E-state index contributed by atoms with van der Waals surface area (Å²) in [6.45, 7) is 3.14. The van der Waals surface area contributed by atoms with Gasteiger partial charge in [0, 0.05) is 17.6 Å². The zero-order valence-electron chi connectivity index (χ0n) is 15.2. The zero-order valence-corrected chi connectivity index (χ0v) is 15.2. The molecule has 4 nitrogen and oxygen atoms in total. The molecule has 146 valence electrons. The van der Waals surface area contributed by atoms with Crippen molar-refractivity contribution in [1.82, 2.24) is 0 Å². The molecule has 1 aliphatic rings. The first-order valence-electron chi connectivity index (χ1n) is 8.62. The normalized spacial score (nSPS) is 20.5. The number of rotatable bonds is 4. The molecule has 0 bridgehead atoms. The minimum Gasteiger partial charge on any atom is -0.478 e. The third-order valence-electron chi connectivity index (χ3n) is 4.77. The standard InChI is InChI=1S/C21H18F3NO3/c1-3-7-13(4-2)20(21(22,23)24)12-18(25-28-20)16-10-11-17(19(26)27)15-9-6-5-8-14(15)16/h3-11H,12H2,1-2H3,(H,26,27)/b7-3-,13-4+. The van der Waals surface area contributed by atoms with Crippen LogP contribution in [0.15, 0.2) is 65.4 Å². The van der Waals surface area contributed by atoms with E-state index in [1.807, 2.05) is 0 Å². The number of nitrogens with zero attached hydrogens (tertiary/aromatic N) is 1. The number of oxime groups is 1. The predicted octanol–water partition coefficient (Wildman–Crippen LogP) is 5.49. The lowest BCUT2D eigenvalue weighted by atomic mass is 9.84. The van der Waals surface area contributed by atoms with E-state index in [0.29, 0.717) is 16.3 Å². The number of halogens is 3. The van der Waals surface area contributed by atoms with Gasteiger partial charge in [-0.3, -0.25) is 0 Å². The fourth-order valence-corrected chi connectivity index (χ4v) is 3.43. The average Bonchev–Trinajstić information content (AvgIpc) is 3.11. The van der Waals surface area contributed by atoms with Crippen molar-refractivity contribution >= 4 is 22.5 Å². The van der Waals surface area contributed by atoms with Crippen molar-refractivity contribution < 1.29 is 27.9 Å². The molecule has 3 rings (SSSR count). The van der Waals surface area contributed by atoms with E-state index >= 15 is 0 Å². The summed E-state index contributed by atoms with van der Waals surface area (Å²) < 4.78 is 42.0. The van der Waals surface area contributed by atoms with Crippen LogP contribution >= 0.6 is 0 Å². The van der Waals surface area contributed by atoms with Gasteiger partial charge in [0.05, 0.1) is 11.3 Å². The molecule has 0 amide bonds. The van der Waals surface area contributed by atoms with E-state index in [1.165, 1.54) is 37.3 Å². The van der Waals surface area contributed by atoms with Crippen LogP contribution in [0.5, 0.6) is 0 Å². The Labute approximate surface area is 159 Å². The van der Waals surface area contributed by atoms with Crippen LogP contribution in [0.4, 0.5) is 13.2 Å². The van der Waals surface area contributed by atoms with Crippen LogP contribution in [0.1, 0.15) is 36.2 Å². The fourth-order valence-electron chi connectivity index (χ4n) is 3.43. The number of hydrogen-bond acceptors (Lipinski definition) is 3. The average molecular weight is 389 g/mol. The largest absolute Gasteiger partial charge is 0.478 e. The molecule has 0 saturated carbocycles. The highest BCUT2D eigenvalue weighted by Crippen LogP contribution is 2.47. The Hall–Kier alpha value is -3.09. The quantitative estimate of drug-likeness (QED) is 0.704. The molecule has 7 heteroatoms. The predicted molar refractivity (Wildman–Crippen MR) is 101 cm³/mol. The summed E-state index contributed by atoms with van der Waals surface area (Å²) in [5, 5.41) is 14.1. The fraction of sp³-hybridized carbons (Fsp3) is 0.238. The van der Waals surface area contributed by atoms with Crippen molar-refractivity contribution in [2.24, 2.45) is 5.16 Å². The molecule has 1 heterocycles. The number of carboxylic acid groups (broad SMARTS) is 1. The lowest BCUT2D eigenvalue weighted by Gasteiger charge is -2.30. The molecule has 1 N–H and O–H groups in total. The number of fused-ring (bicyclic) bond motifs is 1. The van der Waals surface area contributed by atoms with Crippen LogP contribution in [0.3, 0.4) is 0 Å². The Morgan fingerprint density at radius 1 is 1.18 bits per heavy atom. The van der Waals surface area contributed by atoms with Crippen molar-refractivity contribution in [3.05, 3.63) is 71.3 Å². The maximum absolute atomic E-state index is 14.0. The third-order valence-corrected chi connectivity index (χ3v) is 4.77. The van der Waals surface area contributed by atoms with Gasteiger partial charge in [-0.15, -0.1) is 0 Å². The van der Waals surface area contributed by atoms with Crippen LogP contribution in [0.25, 0.3) is 10.8 Å². The monoisotopic (exact) mass is 389 g/mol. The van der Waals surface area contributed by atoms with E-state index in [4.69, 9.17) is 4.84 Å². The van der Waals surface area contributed by atoms with Crippen LogP contribution in [-0.2, 0) is 4.84 Å². The van der Waals surface area contributed by atoms with Gasteiger partial charge < -0.3 is 9.94 Å². The molecule has 2 aromatic rings. The van der Waals surface area contributed by atoms with Gasteiger partial charge >= 0.3 is 12.1 Å². The van der Waals surface area contributed by atoms with Gasteiger partial charge in [0.15, 0.2) is 0 Å². The SMILES string of the molecule is C/C=C\C(=C/C)C1(C(F)(F)F)CC(c2ccc(C(=O)O)c3ccccc23)=NO1. The number of carbonyl (C=O) groups is 1. The molecular formula is C21H18F3NO3. The summed E-state index contributed by atoms with van der Waals surface area (Å²) in [4.78, 5) is 16.5. The first-order chi connectivity index (χ1) is 13.2. The highest BCUT2D eigenvalue weighted by Gasteiger charge is 2.62. The minimum atomic E-state index is -4.68. The van der Waals surface area contributed by atoms with E-state index in [2.05, 4.69) is 5.16 Å². The van der Waals surface area contributed by atoms with Gasteiger partial charge in [0.1, 0.15) is 0 Å². The van der Waals surface area contributed by atoms with Crippen molar-refractivity contribution in [2.75, 3.05) is 0 Å². The number of hydrogen-bond donors (Lipinski definition) is 1. The molecule has 1 atom stereocenters. The summed E-state index contributed by atoms with van der Waals surface area (Å²) in [5.41, 5.74) is -2.00. The van der Waals surface area contributed by atoms with Crippen molar-refractivity contribution in [3.63, 3.8) is 0 Å². The zero-order chi connectivity index (χ0) is 20.5. The molecule has 2 aromatic carbocycles. The molecule has 1 unspecified atom stereocenters. The second-order valence-corrected chi connectivity index (χ2v) is 6.39. The molecule has 0 aliphatic carbocycles. The van der Waals surface area contributed by atoms with E-state index in [0.717, 1.165) is 0 Å². The maximum atomic E-state index is 14.0. The summed E-state index contributed by atoms with van der Waals surface area (Å²) in [6.07, 6.45) is -0.955. The number of allylic oxidation sites excluding steroid dienone is 2. The summed E-state index contributed by atoms with van der Waals surface area (Å²) >= 11 is 0. The van der Waals surface area contributed by atoms with Gasteiger partial charge in [-0.2, -0.15) is 13.2 Å². The minimum absolute atomic E-state index is 0.0345. The lowest BCUT2D eigenvalue weighted by Crippen LogP contribution is -2.46. The van der Waals surface area contributed by atoms with Gasteiger partial charge in [-0.05, 0) is 30.7 Å². The molecule has 1 aliphatic heterocycles. The maximum Gasteiger partial charge on any atom is 0.435 e. The molecule has 0 aromatic heterocycles. The molecule has 0 radical (unpaired) electrons. The number of aromatic carboxylic acids is 1. The number of benzene rings is 2. The van der Waals surface area contributed by atoms with E-state index in [9.17, 15) is 23.1 Å². The van der Waals surface area contributed by atoms with Gasteiger partial charge in [-0.1, -0.05) is 53.7 Å². The first-order valence-corrected chi connectivity index (χ1v) is 8.62. The molecule has 0 fully saturated rings. The van der Waals surface area contributed by atoms with E-state index in [1.54, 1.807) is 31.2 Å². The lowest BCUT2D eigenvalue weighted by molar-refractivity contribution is -0.251. The molecule has 0 spiro atoms. The highest BCUT2D eigenvalue weighted by molar-refractivity contribution is 6.15. The number of alkyl halides is 3. The van der Waals surface area contributed by atoms with E-state index in [-0.39, 0.29) is 16.8 Å². The van der Waals surface area contributed by atoms with Gasteiger partial charge in [-0.25, -0.2) is 4.79 Å². The smallest absolute Gasteiger partial charge is 0.435 e. The third kappa shape index (κ3) is 3.06. The second kappa shape index (κ2) is 7.14. The van der Waals surface area contributed by atoms with Gasteiger partial charge in [0.25, 0.3) is 5.60 Å². The topological polar surface area (TPSA) is 58.9 Å². The molecule has 0 saturated heterocycles. The summed E-state index contributed by atoms with van der Waals surface area (Å²) in [7, 11) is 0. The Bertz CT molecular complexity index is 1020. The highest BCUT2D eigenvalue weighted by atomic mass is 19.4. The van der Waals surface area contributed by atoms with Crippen LogP contribution in [0, 0.1) is 0 Å². The molecule has 28 heavy (non-hydrogen) atoms. The van der Waals surface area contributed by atoms with Crippen molar-refractivity contribution in [1.29, 1.82) is 0 Å². The summed E-state index contributed by atoms with van der Waals surface area (Å²) in [5.74, 6) is -1.11. The number of carboxylic acids is 1. The second-order valence-electron chi connectivity index (χ2n) is 6.39. The summed E-state index contributed by atoms with van der Waals surface area (Å²) in [6, 6.07) is 9.50. The molecular weight excluding hydrogens is 371 g/mol. The van der Waals surface area contributed by atoms with E-state index < -0.39 is 24.2 Å². The van der Waals surface area contributed by atoms with Crippen LogP contribution in [0.2, 0.25) is 0 Å². The van der Waals surface area contributed by atoms with Crippen LogP contribution < -0.4 is 0 Å². The Morgan fingerprint density at radius 2 is 1.86 bits per heavy atom. The Morgan fingerprint density at radius 3 is 2.43 bits per heavy atom. The van der Waals surface area contributed by atoms with Crippen molar-refractivity contribution in [3.8, 4) is 0 Å².